The van der Waals surface area contributed by atoms with Crippen LogP contribution in [0.1, 0.15) is 50.8 Å². The number of hydrogen-bond acceptors (Lipinski definition) is 2. The molecular formula is C13H20N2O. The fraction of sp³-hybridized carbons (Fsp3) is 0.692. The Hall–Kier alpha value is -1.12. The van der Waals surface area contributed by atoms with Gasteiger partial charge in [-0.2, -0.15) is 0 Å². The molecule has 0 radical (unpaired) electrons. The summed E-state index contributed by atoms with van der Waals surface area (Å²) in [6.45, 7) is 2.33. The van der Waals surface area contributed by atoms with Gasteiger partial charge in [-0.15, -0.1) is 0 Å². The predicted molar refractivity (Wildman–Crippen MR) is 63.3 cm³/mol. The first kappa shape index (κ1) is 11.4. The summed E-state index contributed by atoms with van der Waals surface area (Å²) in [5.74, 6) is 0.884. The third-order valence-electron chi connectivity index (χ3n) is 3.58. The topological polar surface area (TPSA) is 34.9 Å². The van der Waals surface area contributed by atoms with Crippen molar-refractivity contribution >= 4 is 6.29 Å². The van der Waals surface area contributed by atoms with Gasteiger partial charge in [-0.3, -0.25) is 0 Å². The van der Waals surface area contributed by atoms with E-state index in [0.717, 1.165) is 24.3 Å². The molecule has 0 unspecified atom stereocenters. The Bertz CT molecular complexity index is 337. The molecule has 0 atom stereocenters. The van der Waals surface area contributed by atoms with E-state index >= 15 is 0 Å². The van der Waals surface area contributed by atoms with Gasteiger partial charge in [0.25, 0.3) is 0 Å². The molecule has 1 aromatic rings. The molecule has 88 valence electrons. The number of nitrogens with zero attached hydrogens (tertiary/aromatic N) is 2. The van der Waals surface area contributed by atoms with Crippen molar-refractivity contribution in [1.82, 2.24) is 9.55 Å². The molecule has 0 N–H and O–H groups in total. The highest BCUT2D eigenvalue weighted by atomic mass is 16.1. The highest BCUT2D eigenvalue weighted by Gasteiger charge is 2.19. The van der Waals surface area contributed by atoms with Crippen molar-refractivity contribution in [2.45, 2.75) is 51.5 Å². The molecule has 1 saturated carbocycles. The second-order valence-corrected chi connectivity index (χ2v) is 4.93. The fourth-order valence-corrected chi connectivity index (χ4v) is 2.46. The van der Waals surface area contributed by atoms with Gasteiger partial charge < -0.3 is 9.36 Å². The van der Waals surface area contributed by atoms with E-state index in [9.17, 15) is 4.79 Å². The van der Waals surface area contributed by atoms with E-state index in [1.54, 1.807) is 0 Å². The van der Waals surface area contributed by atoms with E-state index in [1.165, 1.54) is 25.7 Å². The van der Waals surface area contributed by atoms with E-state index < -0.39 is 0 Å². The van der Waals surface area contributed by atoms with E-state index in [0.29, 0.717) is 12.5 Å². The van der Waals surface area contributed by atoms with Crippen LogP contribution in [0.15, 0.2) is 12.5 Å². The average molecular weight is 220 g/mol. The second kappa shape index (κ2) is 5.28. The molecule has 2 rings (SSSR count). The van der Waals surface area contributed by atoms with Gasteiger partial charge in [-0.05, 0) is 38.0 Å². The smallest absolute Gasteiger partial charge is 0.120 e. The zero-order chi connectivity index (χ0) is 11.4. The Balaban J connectivity index is 1.93. The summed E-state index contributed by atoms with van der Waals surface area (Å²) in [4.78, 5) is 14.6. The van der Waals surface area contributed by atoms with Crippen molar-refractivity contribution in [3.8, 4) is 0 Å². The van der Waals surface area contributed by atoms with Crippen LogP contribution in [0, 0.1) is 5.92 Å². The Labute approximate surface area is 96.9 Å². The first-order valence-corrected chi connectivity index (χ1v) is 6.25. The number of aromatic nitrogens is 2. The highest BCUT2D eigenvalue weighted by Crippen LogP contribution is 2.31. The fourth-order valence-electron chi connectivity index (χ4n) is 2.46. The summed E-state index contributed by atoms with van der Waals surface area (Å²) >= 11 is 0. The van der Waals surface area contributed by atoms with Crippen LogP contribution < -0.4 is 0 Å². The summed E-state index contributed by atoms with van der Waals surface area (Å²) in [6.07, 6.45) is 11.6. The maximum Gasteiger partial charge on any atom is 0.120 e. The maximum atomic E-state index is 10.3. The standard InChI is InChI=1S/C13H20N2O/c1-11-4-6-13(7-5-11)15-9-12(14-10-15)3-2-8-16/h8-11,13H,2-7H2,1H3. The number of imidazole rings is 1. The molecule has 1 heterocycles. The molecule has 16 heavy (non-hydrogen) atoms. The van der Waals surface area contributed by atoms with Crippen LogP contribution in [0.3, 0.4) is 0 Å². The Morgan fingerprint density at radius 3 is 2.88 bits per heavy atom. The van der Waals surface area contributed by atoms with Crippen molar-refractivity contribution in [2.24, 2.45) is 5.92 Å². The molecule has 0 aliphatic heterocycles. The number of hydrogen-bond donors (Lipinski definition) is 0. The van der Waals surface area contributed by atoms with Gasteiger partial charge in [0.05, 0.1) is 12.0 Å². The molecule has 3 heteroatoms. The van der Waals surface area contributed by atoms with Crippen molar-refractivity contribution < 1.29 is 4.79 Å². The number of carbonyl (C=O) groups excluding carboxylic acids is 1. The first-order valence-electron chi connectivity index (χ1n) is 6.25. The quantitative estimate of drug-likeness (QED) is 0.731. The summed E-state index contributed by atoms with van der Waals surface area (Å²) in [5.41, 5.74) is 1.05. The van der Waals surface area contributed by atoms with Crippen molar-refractivity contribution in [1.29, 1.82) is 0 Å². The number of aldehydes is 1. The summed E-state index contributed by atoms with van der Waals surface area (Å²) in [6, 6.07) is 0.633. The molecule has 0 saturated heterocycles. The molecule has 1 aliphatic carbocycles. The maximum absolute atomic E-state index is 10.3. The van der Waals surface area contributed by atoms with Crippen LogP contribution in [0.25, 0.3) is 0 Å². The van der Waals surface area contributed by atoms with Gasteiger partial charge in [-0.1, -0.05) is 6.92 Å². The minimum absolute atomic E-state index is 0.582. The van der Waals surface area contributed by atoms with Crippen LogP contribution in [-0.4, -0.2) is 15.8 Å². The Morgan fingerprint density at radius 1 is 1.44 bits per heavy atom. The van der Waals surface area contributed by atoms with Crippen LogP contribution in [0.4, 0.5) is 0 Å². The van der Waals surface area contributed by atoms with E-state index in [4.69, 9.17) is 0 Å². The number of aryl methyl sites for hydroxylation is 1. The largest absolute Gasteiger partial charge is 0.334 e. The molecule has 3 nitrogen and oxygen atoms in total. The van der Waals surface area contributed by atoms with Crippen LogP contribution >= 0.6 is 0 Å². The molecule has 0 amide bonds. The van der Waals surface area contributed by atoms with Crippen molar-refractivity contribution in [3.05, 3.63) is 18.2 Å². The molecule has 1 fully saturated rings. The first-order chi connectivity index (χ1) is 7.79. The SMILES string of the molecule is CC1CCC(n2cnc(CCC=O)c2)CC1. The molecule has 0 aromatic carbocycles. The van der Waals surface area contributed by atoms with E-state index in [1.807, 2.05) is 6.33 Å². The lowest BCUT2D eigenvalue weighted by atomic mass is 9.87. The normalized spacial score (nSPS) is 25.6. The van der Waals surface area contributed by atoms with Gasteiger partial charge in [0, 0.05) is 18.7 Å². The highest BCUT2D eigenvalue weighted by molar-refractivity contribution is 5.49. The van der Waals surface area contributed by atoms with Crippen LogP contribution in [0.5, 0.6) is 0 Å². The minimum atomic E-state index is 0.582. The third kappa shape index (κ3) is 2.71. The molecule has 0 bridgehead atoms. The van der Waals surface area contributed by atoms with Gasteiger partial charge >= 0.3 is 0 Å². The summed E-state index contributed by atoms with van der Waals surface area (Å²) < 4.78 is 2.24. The average Bonchev–Trinajstić information content (AvgIpc) is 2.76. The molecule has 1 aromatic heterocycles. The lowest BCUT2D eigenvalue weighted by Crippen LogP contribution is -2.15. The van der Waals surface area contributed by atoms with Gasteiger partial charge in [0.2, 0.25) is 0 Å². The minimum Gasteiger partial charge on any atom is -0.334 e. The van der Waals surface area contributed by atoms with E-state index in [2.05, 4.69) is 22.7 Å². The zero-order valence-electron chi connectivity index (χ0n) is 9.93. The monoisotopic (exact) mass is 220 g/mol. The second-order valence-electron chi connectivity index (χ2n) is 4.93. The molecular weight excluding hydrogens is 200 g/mol. The Morgan fingerprint density at radius 2 is 2.19 bits per heavy atom. The molecule has 0 spiro atoms. The summed E-state index contributed by atoms with van der Waals surface area (Å²) in [5, 5.41) is 0. The van der Waals surface area contributed by atoms with Gasteiger partial charge in [-0.25, -0.2) is 4.98 Å². The lowest BCUT2D eigenvalue weighted by Gasteiger charge is -2.26. The van der Waals surface area contributed by atoms with Gasteiger partial charge in [0.1, 0.15) is 6.29 Å². The van der Waals surface area contributed by atoms with E-state index in [-0.39, 0.29) is 0 Å². The lowest BCUT2D eigenvalue weighted by molar-refractivity contribution is -0.107. The number of rotatable bonds is 4. The predicted octanol–water partition coefficient (Wildman–Crippen LogP) is 2.77. The summed E-state index contributed by atoms with van der Waals surface area (Å²) in [7, 11) is 0. The van der Waals surface area contributed by atoms with Crippen LogP contribution in [0.2, 0.25) is 0 Å². The number of carbonyl (C=O) groups is 1. The third-order valence-corrected chi connectivity index (χ3v) is 3.58. The Kier molecular flexibility index (Phi) is 3.75. The van der Waals surface area contributed by atoms with Crippen molar-refractivity contribution in [2.75, 3.05) is 0 Å². The zero-order valence-corrected chi connectivity index (χ0v) is 9.93. The van der Waals surface area contributed by atoms with Crippen molar-refractivity contribution in [3.63, 3.8) is 0 Å². The van der Waals surface area contributed by atoms with Gasteiger partial charge in [0.15, 0.2) is 0 Å². The molecule has 1 aliphatic rings. The van der Waals surface area contributed by atoms with Crippen LogP contribution in [-0.2, 0) is 11.2 Å².